The van der Waals surface area contributed by atoms with E-state index < -0.39 is 6.03 Å². The van der Waals surface area contributed by atoms with Gasteiger partial charge in [-0.1, -0.05) is 11.6 Å². The topological polar surface area (TPSA) is 92.2 Å². The number of amides is 3. The summed E-state index contributed by atoms with van der Waals surface area (Å²) in [6.45, 7) is 0. The predicted octanol–water partition coefficient (Wildman–Crippen LogP) is 2.71. The third-order valence-electron chi connectivity index (χ3n) is 4.39. The number of carbonyl (C=O) groups is 2. The molecule has 1 saturated heterocycles. The number of halogens is 2. The summed E-state index contributed by atoms with van der Waals surface area (Å²) in [5.74, 6) is 0.379. The second kappa shape index (κ2) is 7.63. The van der Waals surface area contributed by atoms with Gasteiger partial charge in [-0.05, 0) is 28.4 Å². The number of aromatic nitrogens is 3. The summed E-state index contributed by atoms with van der Waals surface area (Å²) in [6.07, 6.45) is 4.11. The number of nitrogens with zero attached hydrogens (tertiary/aromatic N) is 4. The fourth-order valence-electron chi connectivity index (χ4n) is 3.07. The van der Waals surface area contributed by atoms with E-state index in [-0.39, 0.29) is 18.0 Å². The Kier molecular flexibility index (Phi) is 5.47. The molecule has 0 aromatic carbocycles. The average molecular weight is 442 g/mol. The molecule has 10 heteroatoms. The number of nitrogens with one attached hydrogen (secondary N) is 2. The van der Waals surface area contributed by atoms with Crippen molar-refractivity contribution >= 4 is 45.3 Å². The van der Waals surface area contributed by atoms with Crippen molar-refractivity contribution in [3.63, 3.8) is 0 Å². The van der Waals surface area contributed by atoms with Crippen molar-refractivity contribution in [3.8, 4) is 0 Å². The van der Waals surface area contributed by atoms with Crippen molar-refractivity contribution in [2.45, 2.75) is 24.9 Å². The highest BCUT2D eigenvalue weighted by atomic mass is 79.9. The van der Waals surface area contributed by atoms with E-state index in [0.717, 1.165) is 5.69 Å². The summed E-state index contributed by atoms with van der Waals surface area (Å²) in [5, 5.41) is 10.2. The highest BCUT2D eigenvalue weighted by molar-refractivity contribution is 9.10. The molecule has 0 bridgehead atoms. The van der Waals surface area contributed by atoms with Gasteiger partial charge in [0.15, 0.2) is 0 Å². The summed E-state index contributed by atoms with van der Waals surface area (Å²) in [4.78, 5) is 30.3. The predicted molar refractivity (Wildman–Crippen MR) is 101 cm³/mol. The van der Waals surface area contributed by atoms with Crippen molar-refractivity contribution in [2.75, 3.05) is 12.4 Å². The van der Waals surface area contributed by atoms with E-state index in [9.17, 15) is 9.59 Å². The summed E-state index contributed by atoms with van der Waals surface area (Å²) in [7, 11) is 3.55. The molecular weight excluding hydrogens is 424 g/mol. The third-order valence-corrected chi connectivity index (χ3v) is 5.56. The number of likely N-dealkylation sites (N-methyl/N-ethyl adjacent to an activating group) is 1. The van der Waals surface area contributed by atoms with Gasteiger partial charge in [0.2, 0.25) is 5.91 Å². The number of piperidine rings is 1. The van der Waals surface area contributed by atoms with E-state index in [1.807, 2.05) is 13.1 Å². The van der Waals surface area contributed by atoms with Crippen LogP contribution in [0.2, 0.25) is 5.02 Å². The zero-order valence-electron chi connectivity index (χ0n) is 14.2. The molecule has 2 aromatic rings. The minimum absolute atomic E-state index is 0.0380. The van der Waals surface area contributed by atoms with Crippen LogP contribution in [0.5, 0.6) is 0 Å². The van der Waals surface area contributed by atoms with Crippen LogP contribution < -0.4 is 10.6 Å². The number of pyridine rings is 1. The lowest BCUT2D eigenvalue weighted by molar-refractivity contribution is -0.136. The number of hydrogen-bond donors (Lipinski definition) is 2. The summed E-state index contributed by atoms with van der Waals surface area (Å²) in [6, 6.07) is 2.45. The zero-order valence-corrected chi connectivity index (χ0v) is 16.6. The van der Waals surface area contributed by atoms with Crippen LogP contribution in [0.4, 0.5) is 10.6 Å². The van der Waals surface area contributed by atoms with Crippen LogP contribution in [0.3, 0.4) is 0 Å². The highest BCUT2D eigenvalue weighted by Crippen LogP contribution is 2.30. The van der Waals surface area contributed by atoms with Crippen molar-refractivity contribution in [1.82, 2.24) is 25.0 Å². The Balaban J connectivity index is 1.75. The van der Waals surface area contributed by atoms with Gasteiger partial charge in [-0.15, -0.1) is 0 Å². The SMILES string of the molecule is CN1C(=O)CC[C@H](NC(=O)Nc2cc(Cl)c(Br)cn2)[C@H]1c1ccnn1C. The van der Waals surface area contributed by atoms with E-state index in [1.165, 1.54) is 6.20 Å². The van der Waals surface area contributed by atoms with E-state index >= 15 is 0 Å². The molecule has 138 valence electrons. The molecule has 0 spiro atoms. The maximum atomic E-state index is 12.4. The van der Waals surface area contributed by atoms with Crippen LogP contribution >= 0.6 is 27.5 Å². The fourth-order valence-corrected chi connectivity index (χ4v) is 3.44. The first-order valence-corrected chi connectivity index (χ1v) is 9.16. The summed E-state index contributed by atoms with van der Waals surface area (Å²) < 4.78 is 2.36. The maximum absolute atomic E-state index is 12.4. The normalized spacial score (nSPS) is 20.2. The van der Waals surface area contributed by atoms with E-state index in [1.54, 1.807) is 28.9 Å². The first kappa shape index (κ1) is 18.7. The van der Waals surface area contributed by atoms with Crippen LogP contribution in [-0.4, -0.2) is 44.7 Å². The van der Waals surface area contributed by atoms with Crippen molar-refractivity contribution in [2.24, 2.45) is 7.05 Å². The number of urea groups is 1. The largest absolute Gasteiger partial charge is 0.335 e. The number of hydrogen-bond acceptors (Lipinski definition) is 4. The van der Waals surface area contributed by atoms with Crippen LogP contribution in [0.1, 0.15) is 24.6 Å². The number of carbonyl (C=O) groups excluding carboxylic acids is 2. The molecule has 1 fully saturated rings. The smallest absolute Gasteiger partial charge is 0.320 e. The Hall–Kier alpha value is -2.13. The molecule has 2 aromatic heterocycles. The number of anilines is 1. The van der Waals surface area contributed by atoms with Gasteiger partial charge >= 0.3 is 6.03 Å². The van der Waals surface area contributed by atoms with Gasteiger partial charge in [-0.2, -0.15) is 5.10 Å². The molecule has 26 heavy (non-hydrogen) atoms. The highest BCUT2D eigenvalue weighted by Gasteiger charge is 2.37. The lowest BCUT2D eigenvalue weighted by Gasteiger charge is -2.39. The van der Waals surface area contributed by atoms with Crippen LogP contribution in [-0.2, 0) is 11.8 Å². The zero-order chi connectivity index (χ0) is 18.8. The lowest BCUT2D eigenvalue weighted by Crippen LogP contribution is -2.52. The van der Waals surface area contributed by atoms with Crippen molar-refractivity contribution < 1.29 is 9.59 Å². The molecule has 2 atom stereocenters. The van der Waals surface area contributed by atoms with Gasteiger partial charge in [0.1, 0.15) is 5.82 Å². The molecule has 0 radical (unpaired) electrons. The first-order chi connectivity index (χ1) is 12.4. The molecule has 3 rings (SSSR count). The third kappa shape index (κ3) is 3.83. The van der Waals surface area contributed by atoms with E-state index in [2.05, 4.69) is 36.6 Å². The van der Waals surface area contributed by atoms with E-state index in [4.69, 9.17) is 11.6 Å². The van der Waals surface area contributed by atoms with Gasteiger partial charge in [-0.25, -0.2) is 9.78 Å². The van der Waals surface area contributed by atoms with E-state index in [0.29, 0.717) is 28.2 Å². The Morgan fingerprint density at radius 3 is 2.85 bits per heavy atom. The fraction of sp³-hybridized carbons (Fsp3) is 0.375. The maximum Gasteiger partial charge on any atom is 0.320 e. The molecule has 1 aliphatic heterocycles. The second-order valence-corrected chi connectivity index (χ2v) is 7.32. The van der Waals surface area contributed by atoms with Crippen molar-refractivity contribution in [3.05, 3.63) is 39.7 Å². The lowest BCUT2D eigenvalue weighted by atomic mass is 9.93. The summed E-state index contributed by atoms with van der Waals surface area (Å²) in [5.41, 5.74) is 0.857. The number of likely N-dealkylation sites (tertiary alicyclic amines) is 1. The van der Waals surface area contributed by atoms with Crippen LogP contribution in [0.15, 0.2) is 29.0 Å². The molecular formula is C16H18BrClN6O2. The Labute approximate surface area is 164 Å². The van der Waals surface area contributed by atoms with Crippen LogP contribution in [0, 0.1) is 0 Å². The Bertz CT molecular complexity index is 842. The molecule has 3 heterocycles. The Morgan fingerprint density at radius 2 is 2.19 bits per heavy atom. The quantitative estimate of drug-likeness (QED) is 0.766. The van der Waals surface area contributed by atoms with Gasteiger partial charge in [-0.3, -0.25) is 14.8 Å². The number of aryl methyl sites for hydroxylation is 1. The van der Waals surface area contributed by atoms with Crippen LogP contribution in [0.25, 0.3) is 0 Å². The summed E-state index contributed by atoms with van der Waals surface area (Å²) >= 11 is 9.28. The molecule has 2 N–H and O–H groups in total. The van der Waals surface area contributed by atoms with Crippen molar-refractivity contribution in [1.29, 1.82) is 0 Å². The minimum Gasteiger partial charge on any atom is -0.335 e. The minimum atomic E-state index is -0.407. The standard InChI is InChI=1S/C16H18BrClN6O2/c1-23-14(25)4-3-11(15(23)12-5-6-20-24(12)2)21-16(26)22-13-7-10(18)9(17)8-19-13/h5-8,11,15H,3-4H2,1-2H3,(H2,19,21,22,26)/t11-,15-/m0/s1. The first-order valence-electron chi connectivity index (χ1n) is 7.99. The molecule has 3 amide bonds. The second-order valence-electron chi connectivity index (χ2n) is 6.06. The van der Waals surface area contributed by atoms with Gasteiger partial charge in [0, 0.05) is 39.0 Å². The molecule has 8 nitrogen and oxygen atoms in total. The van der Waals surface area contributed by atoms with Gasteiger partial charge < -0.3 is 10.2 Å². The number of rotatable bonds is 3. The Morgan fingerprint density at radius 1 is 1.42 bits per heavy atom. The molecule has 1 aliphatic rings. The van der Waals surface area contributed by atoms with Gasteiger partial charge in [0.25, 0.3) is 0 Å². The monoisotopic (exact) mass is 440 g/mol. The molecule has 0 aliphatic carbocycles. The van der Waals surface area contributed by atoms with Gasteiger partial charge in [0.05, 0.1) is 27.3 Å². The molecule has 0 saturated carbocycles. The molecule has 0 unspecified atom stereocenters. The average Bonchev–Trinajstić information content (AvgIpc) is 3.00.